The molecule has 0 saturated heterocycles. The molecule has 2 aliphatic rings. The molecule has 10 heteroatoms. The van der Waals surface area contributed by atoms with Gasteiger partial charge in [-0.2, -0.15) is 17.9 Å². The summed E-state index contributed by atoms with van der Waals surface area (Å²) < 4.78 is 39.6. The van der Waals surface area contributed by atoms with Crippen LogP contribution in [0.3, 0.4) is 0 Å². The number of pyridine rings is 1. The summed E-state index contributed by atoms with van der Waals surface area (Å²) >= 11 is 0. The minimum atomic E-state index is -5.18. The zero-order valence-corrected chi connectivity index (χ0v) is 16.1. The number of carbonyl (C=O) groups excluding carboxylic acids is 2. The number of carbonyl (C=O) groups is 2. The van der Waals surface area contributed by atoms with Gasteiger partial charge in [-0.15, -0.1) is 0 Å². The van der Waals surface area contributed by atoms with Crippen LogP contribution < -0.4 is 15.5 Å². The number of alkyl halides is 3. The Morgan fingerprint density at radius 1 is 1.19 bits per heavy atom. The van der Waals surface area contributed by atoms with Crippen LogP contribution in [0.2, 0.25) is 0 Å². The Bertz CT molecular complexity index is 1210. The van der Waals surface area contributed by atoms with Gasteiger partial charge in [0.2, 0.25) is 0 Å². The van der Waals surface area contributed by atoms with Crippen LogP contribution >= 0.6 is 0 Å². The number of anilines is 1. The van der Waals surface area contributed by atoms with E-state index in [1.807, 2.05) is 18.2 Å². The molecule has 1 aliphatic carbocycles. The molecule has 7 nitrogen and oxygen atoms in total. The third kappa shape index (κ3) is 3.58. The number of rotatable bonds is 4. The first-order valence-electron chi connectivity index (χ1n) is 9.80. The fourth-order valence-corrected chi connectivity index (χ4v) is 3.65. The van der Waals surface area contributed by atoms with Crippen molar-refractivity contribution in [3.63, 3.8) is 0 Å². The van der Waals surface area contributed by atoms with E-state index in [0.717, 1.165) is 23.0 Å². The predicted octanol–water partition coefficient (Wildman–Crippen LogP) is 3.08. The van der Waals surface area contributed by atoms with Crippen molar-refractivity contribution in [3.05, 3.63) is 47.7 Å². The Labute approximate surface area is 174 Å². The Balaban J connectivity index is 1.68. The third-order valence-corrected chi connectivity index (χ3v) is 5.28. The third-order valence-electron chi connectivity index (χ3n) is 5.28. The average molecular weight is 430 g/mol. The highest BCUT2D eigenvalue weighted by Crippen LogP contribution is 2.33. The Morgan fingerprint density at radius 2 is 2.00 bits per heavy atom. The van der Waals surface area contributed by atoms with Crippen LogP contribution in [0.1, 0.15) is 28.9 Å². The summed E-state index contributed by atoms with van der Waals surface area (Å²) in [6.45, 7) is 0.224. The second kappa shape index (κ2) is 7.00. The van der Waals surface area contributed by atoms with Gasteiger partial charge in [-0.05, 0) is 31.0 Å². The van der Waals surface area contributed by atoms with Gasteiger partial charge in [-0.1, -0.05) is 18.2 Å². The predicted molar refractivity (Wildman–Crippen MR) is 105 cm³/mol. The van der Waals surface area contributed by atoms with Crippen molar-refractivity contribution in [2.24, 2.45) is 0 Å². The number of hydrogen-bond donors (Lipinski definition) is 2. The van der Waals surface area contributed by atoms with Crippen LogP contribution in [-0.2, 0) is 11.2 Å². The van der Waals surface area contributed by atoms with E-state index < -0.39 is 18.1 Å². The molecule has 1 aromatic carbocycles. The Morgan fingerprint density at radius 3 is 2.74 bits per heavy atom. The highest BCUT2D eigenvalue weighted by atomic mass is 19.4. The van der Waals surface area contributed by atoms with Gasteiger partial charge in [0.05, 0.1) is 22.5 Å². The molecule has 0 unspecified atom stereocenters. The molecule has 0 bridgehead atoms. The summed E-state index contributed by atoms with van der Waals surface area (Å²) in [5.74, 6) is -2.15. The molecule has 2 aromatic heterocycles. The molecular weight excluding hydrogens is 413 g/mol. The molecule has 3 heterocycles. The van der Waals surface area contributed by atoms with Crippen molar-refractivity contribution in [3.8, 4) is 11.3 Å². The number of halogens is 3. The molecule has 1 fully saturated rings. The Hall–Kier alpha value is -3.56. The molecule has 1 amide bonds. The van der Waals surface area contributed by atoms with Gasteiger partial charge in [0.1, 0.15) is 5.82 Å². The molecule has 5 rings (SSSR count). The fraction of sp³-hybridized carbons (Fsp3) is 0.286. The first kappa shape index (κ1) is 19.4. The van der Waals surface area contributed by atoms with Crippen molar-refractivity contribution in [2.75, 3.05) is 11.9 Å². The molecule has 160 valence electrons. The zero-order valence-electron chi connectivity index (χ0n) is 16.1. The SMILES string of the molecule is O=C1NCCc2c1cc(-c1cccc3ccc(NC4CC4)nc13)n2OC(=O)C(F)(F)F. The maximum Gasteiger partial charge on any atom is 0.493 e. The monoisotopic (exact) mass is 430 g/mol. The molecule has 1 saturated carbocycles. The van der Waals surface area contributed by atoms with Crippen LogP contribution in [0.5, 0.6) is 0 Å². The molecule has 0 atom stereocenters. The normalized spacial score (nSPS) is 16.0. The van der Waals surface area contributed by atoms with Crippen molar-refractivity contribution in [2.45, 2.75) is 31.5 Å². The zero-order chi connectivity index (χ0) is 21.8. The van der Waals surface area contributed by atoms with Gasteiger partial charge in [0.25, 0.3) is 5.91 Å². The molecule has 1 aliphatic heterocycles. The van der Waals surface area contributed by atoms with E-state index in [9.17, 15) is 22.8 Å². The minimum absolute atomic E-state index is 0.154. The van der Waals surface area contributed by atoms with Crippen molar-refractivity contribution < 1.29 is 27.6 Å². The number of aromatic nitrogens is 2. The summed E-state index contributed by atoms with van der Waals surface area (Å²) in [5, 5.41) is 6.70. The largest absolute Gasteiger partial charge is 0.493 e. The second-order valence-corrected chi connectivity index (χ2v) is 7.56. The van der Waals surface area contributed by atoms with Gasteiger partial charge in [0, 0.05) is 30.0 Å². The molecule has 0 radical (unpaired) electrons. The number of nitrogens with zero attached hydrogens (tertiary/aromatic N) is 2. The van der Waals surface area contributed by atoms with Gasteiger partial charge in [0.15, 0.2) is 0 Å². The smallest absolute Gasteiger partial charge is 0.367 e. The molecule has 31 heavy (non-hydrogen) atoms. The quantitative estimate of drug-likeness (QED) is 0.665. The number of amides is 1. The number of para-hydroxylation sites is 1. The lowest BCUT2D eigenvalue weighted by atomic mass is 10.1. The van der Waals surface area contributed by atoms with Gasteiger partial charge >= 0.3 is 12.1 Å². The van der Waals surface area contributed by atoms with E-state index in [1.54, 1.807) is 12.1 Å². The van der Waals surface area contributed by atoms with E-state index in [1.165, 1.54) is 6.07 Å². The minimum Gasteiger partial charge on any atom is -0.367 e. The second-order valence-electron chi connectivity index (χ2n) is 7.56. The van der Waals surface area contributed by atoms with E-state index in [2.05, 4.69) is 15.6 Å². The lowest BCUT2D eigenvalue weighted by Crippen LogP contribution is -2.37. The summed E-state index contributed by atoms with van der Waals surface area (Å²) in [7, 11) is 0. The lowest BCUT2D eigenvalue weighted by Gasteiger charge is -2.17. The van der Waals surface area contributed by atoms with Crippen molar-refractivity contribution in [1.82, 2.24) is 15.0 Å². The van der Waals surface area contributed by atoms with Crippen LogP contribution in [0.4, 0.5) is 19.0 Å². The van der Waals surface area contributed by atoms with Crippen LogP contribution in [0, 0.1) is 0 Å². The Kier molecular flexibility index (Phi) is 4.38. The highest BCUT2D eigenvalue weighted by Gasteiger charge is 2.43. The summed E-state index contributed by atoms with van der Waals surface area (Å²) in [5.41, 5.74) is 1.50. The lowest BCUT2D eigenvalue weighted by molar-refractivity contribution is -0.199. The average Bonchev–Trinajstić information content (AvgIpc) is 3.47. The first-order valence-corrected chi connectivity index (χ1v) is 9.80. The number of benzene rings is 1. The van der Waals surface area contributed by atoms with Crippen LogP contribution in [0.15, 0.2) is 36.4 Å². The van der Waals surface area contributed by atoms with Gasteiger partial charge in [-0.25, -0.2) is 9.78 Å². The molecule has 0 spiro atoms. The van der Waals surface area contributed by atoms with Gasteiger partial charge < -0.3 is 15.5 Å². The standard InChI is InChI=1S/C21H17F3N4O3/c22-21(23,24)20(30)31-28-15-8-9-25-19(29)14(15)10-16(28)13-3-1-2-11-4-7-17(27-18(11)13)26-12-5-6-12/h1-4,7,10,12H,5-6,8-9H2,(H,25,29)(H,26,27). The van der Waals surface area contributed by atoms with Crippen molar-refractivity contribution in [1.29, 1.82) is 0 Å². The molecular formula is C21H17F3N4O3. The highest BCUT2D eigenvalue weighted by molar-refractivity contribution is 6.00. The summed E-state index contributed by atoms with van der Waals surface area (Å²) in [4.78, 5) is 33.3. The van der Waals surface area contributed by atoms with E-state index in [0.29, 0.717) is 22.9 Å². The summed E-state index contributed by atoms with van der Waals surface area (Å²) in [6, 6.07) is 10.7. The maximum absolute atomic E-state index is 12.9. The van der Waals surface area contributed by atoms with Crippen molar-refractivity contribution >= 4 is 28.6 Å². The van der Waals surface area contributed by atoms with Crippen LogP contribution in [0.25, 0.3) is 22.2 Å². The topological polar surface area (TPSA) is 85.2 Å². The van der Waals surface area contributed by atoms with Gasteiger partial charge in [-0.3, -0.25) is 4.79 Å². The fourth-order valence-electron chi connectivity index (χ4n) is 3.65. The number of nitrogens with one attached hydrogen (secondary N) is 2. The van der Waals surface area contributed by atoms with Crippen LogP contribution in [-0.4, -0.2) is 40.4 Å². The maximum atomic E-state index is 12.9. The van der Waals surface area contributed by atoms with E-state index in [-0.39, 0.29) is 29.9 Å². The first-order chi connectivity index (χ1) is 14.8. The molecule has 2 N–H and O–H groups in total. The molecule has 3 aromatic rings. The van der Waals surface area contributed by atoms with E-state index >= 15 is 0 Å². The number of fused-ring (bicyclic) bond motifs is 2. The number of hydrogen-bond acceptors (Lipinski definition) is 5. The summed E-state index contributed by atoms with van der Waals surface area (Å²) in [6.07, 6.45) is -2.85. The van der Waals surface area contributed by atoms with E-state index in [4.69, 9.17) is 4.84 Å².